The van der Waals surface area contributed by atoms with E-state index in [9.17, 15) is 9.90 Å². The molecule has 2 aliphatic carbocycles. The van der Waals surface area contributed by atoms with Gasteiger partial charge in [0.1, 0.15) is 13.2 Å². The second-order valence-electron chi connectivity index (χ2n) is 12.4. The molecule has 1 aromatic rings. The van der Waals surface area contributed by atoms with Crippen molar-refractivity contribution in [2.24, 2.45) is 29.6 Å². The lowest BCUT2D eigenvalue weighted by Crippen LogP contribution is -2.40. The van der Waals surface area contributed by atoms with Gasteiger partial charge in [0.05, 0.1) is 12.1 Å². The fraction of sp³-hybridized carbons (Fsp3) is 0.781. The predicted octanol–water partition coefficient (Wildman–Crippen LogP) is 7.22. The summed E-state index contributed by atoms with van der Waals surface area (Å²) < 4.78 is 11.4. The Bertz CT molecular complexity index is 857. The molecule has 3 aliphatic rings. The third-order valence-corrected chi connectivity index (χ3v) is 9.74. The number of carbonyl (C=O) groups is 1. The van der Waals surface area contributed by atoms with Crippen LogP contribution in [0.25, 0.3) is 0 Å². The zero-order chi connectivity index (χ0) is 26.2. The van der Waals surface area contributed by atoms with Crippen molar-refractivity contribution in [1.29, 1.82) is 0 Å². The van der Waals surface area contributed by atoms with E-state index in [4.69, 9.17) is 9.47 Å². The van der Waals surface area contributed by atoms with Gasteiger partial charge in [0.15, 0.2) is 11.5 Å². The number of carbonyl (C=O) groups excluding carboxylic acids is 1. The number of hydrogen-bond acceptors (Lipinski definition) is 4. The number of unbranched alkanes of at least 4 members (excludes halogenated alkanes) is 3. The normalized spacial score (nSPS) is 26.9. The second-order valence-corrected chi connectivity index (χ2v) is 12.4. The summed E-state index contributed by atoms with van der Waals surface area (Å²) in [5, 5.41) is 14.7. The molecule has 0 saturated heterocycles. The molecule has 1 amide bonds. The molecule has 37 heavy (non-hydrogen) atoms. The fourth-order valence-electron chi connectivity index (χ4n) is 7.01. The Balaban J connectivity index is 1.33. The lowest BCUT2D eigenvalue weighted by molar-refractivity contribution is -0.123. The zero-order valence-corrected chi connectivity index (χ0v) is 23.6. The van der Waals surface area contributed by atoms with E-state index in [2.05, 4.69) is 26.1 Å². The fourth-order valence-corrected chi connectivity index (χ4v) is 7.01. The Morgan fingerprint density at radius 3 is 2.65 bits per heavy atom. The first-order valence-electron chi connectivity index (χ1n) is 15.3. The Labute approximate surface area is 225 Å². The van der Waals surface area contributed by atoms with Crippen molar-refractivity contribution < 1.29 is 19.4 Å². The number of aliphatic hydroxyl groups is 1. The third kappa shape index (κ3) is 7.88. The number of nitrogens with one attached hydrogen (secondary N) is 1. The van der Waals surface area contributed by atoms with Crippen molar-refractivity contribution in [3.8, 4) is 11.5 Å². The SMILES string of the molecule is CCC(C)CCCCCCC(=O)NC(CCC1CC2CCC(C2)C1C)C(O)c1ccc2c(c1)OCCO2. The van der Waals surface area contributed by atoms with E-state index in [1.165, 1.54) is 51.4 Å². The van der Waals surface area contributed by atoms with E-state index in [1.54, 1.807) is 0 Å². The maximum atomic E-state index is 13.0. The molecule has 5 heteroatoms. The molecule has 7 unspecified atom stereocenters. The van der Waals surface area contributed by atoms with Crippen LogP contribution in [0, 0.1) is 29.6 Å². The largest absolute Gasteiger partial charge is 0.486 e. The molecule has 0 radical (unpaired) electrons. The van der Waals surface area contributed by atoms with Crippen LogP contribution in [-0.4, -0.2) is 30.3 Å². The van der Waals surface area contributed by atoms with E-state index in [1.807, 2.05) is 18.2 Å². The summed E-state index contributed by atoms with van der Waals surface area (Å²) >= 11 is 0. The van der Waals surface area contributed by atoms with E-state index in [-0.39, 0.29) is 11.9 Å². The van der Waals surface area contributed by atoms with Gasteiger partial charge < -0.3 is 19.9 Å². The number of ether oxygens (including phenoxy) is 2. The highest BCUT2D eigenvalue weighted by Crippen LogP contribution is 2.49. The molecule has 2 fully saturated rings. The molecule has 1 heterocycles. The van der Waals surface area contributed by atoms with Crippen LogP contribution in [0.3, 0.4) is 0 Å². The number of hydrogen-bond donors (Lipinski definition) is 2. The Hall–Kier alpha value is -1.75. The zero-order valence-electron chi connectivity index (χ0n) is 23.6. The monoisotopic (exact) mass is 513 g/mol. The Morgan fingerprint density at radius 1 is 1.05 bits per heavy atom. The van der Waals surface area contributed by atoms with Crippen molar-refractivity contribution in [3.63, 3.8) is 0 Å². The minimum absolute atomic E-state index is 0.0697. The van der Waals surface area contributed by atoms with Crippen LogP contribution in [0.2, 0.25) is 0 Å². The predicted molar refractivity (Wildman–Crippen MR) is 149 cm³/mol. The van der Waals surface area contributed by atoms with Gasteiger partial charge in [-0.2, -0.15) is 0 Å². The van der Waals surface area contributed by atoms with Crippen LogP contribution >= 0.6 is 0 Å². The summed E-state index contributed by atoms with van der Waals surface area (Å²) in [6.07, 6.45) is 14.2. The first-order chi connectivity index (χ1) is 17.9. The highest BCUT2D eigenvalue weighted by molar-refractivity contribution is 5.76. The molecule has 5 nitrogen and oxygen atoms in total. The summed E-state index contributed by atoms with van der Waals surface area (Å²) in [5.41, 5.74) is 0.788. The van der Waals surface area contributed by atoms with Crippen molar-refractivity contribution in [3.05, 3.63) is 23.8 Å². The summed E-state index contributed by atoms with van der Waals surface area (Å²) in [7, 11) is 0. The van der Waals surface area contributed by atoms with Gasteiger partial charge >= 0.3 is 0 Å². The highest BCUT2D eigenvalue weighted by atomic mass is 16.6. The summed E-state index contributed by atoms with van der Waals surface area (Å²) in [4.78, 5) is 13.0. The molecule has 2 N–H and O–H groups in total. The van der Waals surface area contributed by atoms with Crippen LogP contribution in [0.1, 0.15) is 116 Å². The van der Waals surface area contributed by atoms with Crippen LogP contribution in [0.15, 0.2) is 18.2 Å². The molecular formula is C32H51NO4. The average molecular weight is 514 g/mol. The maximum Gasteiger partial charge on any atom is 0.220 e. The van der Waals surface area contributed by atoms with E-state index < -0.39 is 6.10 Å². The molecule has 4 rings (SSSR count). The highest BCUT2D eigenvalue weighted by Gasteiger charge is 2.39. The first kappa shape index (κ1) is 28.3. The molecule has 208 valence electrons. The lowest BCUT2D eigenvalue weighted by atomic mass is 9.71. The Morgan fingerprint density at radius 2 is 1.84 bits per heavy atom. The minimum Gasteiger partial charge on any atom is -0.486 e. The molecule has 2 saturated carbocycles. The van der Waals surface area contributed by atoms with Gasteiger partial charge in [0.25, 0.3) is 0 Å². The lowest BCUT2D eigenvalue weighted by Gasteiger charge is -2.36. The van der Waals surface area contributed by atoms with Gasteiger partial charge in [0.2, 0.25) is 5.91 Å². The van der Waals surface area contributed by atoms with Gasteiger partial charge in [-0.15, -0.1) is 0 Å². The Kier molecular flexibility index (Phi) is 10.6. The third-order valence-electron chi connectivity index (χ3n) is 9.74. The van der Waals surface area contributed by atoms with Crippen molar-refractivity contribution >= 4 is 5.91 Å². The molecule has 0 spiro atoms. The molecule has 2 bridgehead atoms. The van der Waals surface area contributed by atoms with Crippen LogP contribution in [0.5, 0.6) is 11.5 Å². The topological polar surface area (TPSA) is 67.8 Å². The first-order valence-corrected chi connectivity index (χ1v) is 15.3. The second kappa shape index (κ2) is 13.9. The molecule has 1 aliphatic heterocycles. The van der Waals surface area contributed by atoms with E-state index >= 15 is 0 Å². The molecule has 1 aromatic carbocycles. The average Bonchev–Trinajstić information content (AvgIpc) is 3.33. The minimum atomic E-state index is -0.758. The van der Waals surface area contributed by atoms with E-state index in [0.717, 1.165) is 60.7 Å². The quantitative estimate of drug-likeness (QED) is 0.258. The molecule has 0 aromatic heterocycles. The van der Waals surface area contributed by atoms with Gasteiger partial charge in [-0.1, -0.05) is 65.4 Å². The molecule has 7 atom stereocenters. The van der Waals surface area contributed by atoms with Crippen LogP contribution in [-0.2, 0) is 4.79 Å². The van der Waals surface area contributed by atoms with Crippen LogP contribution < -0.4 is 14.8 Å². The standard InChI is InChI=1S/C32H51NO4/c1-4-22(2)9-7-5-6-8-10-31(34)33-28(15-13-26-20-24-11-12-25(19-24)23(26)3)32(35)27-14-16-29-30(21-27)37-18-17-36-29/h14,16,21-26,28,32,35H,4-13,15,17-20H2,1-3H3,(H,33,34). The van der Waals surface area contributed by atoms with Crippen molar-refractivity contribution in [1.82, 2.24) is 5.32 Å². The molecular weight excluding hydrogens is 462 g/mol. The van der Waals surface area contributed by atoms with Gasteiger partial charge in [-0.05, 0) is 85.8 Å². The van der Waals surface area contributed by atoms with Crippen molar-refractivity contribution in [2.75, 3.05) is 13.2 Å². The number of amides is 1. The van der Waals surface area contributed by atoms with Crippen molar-refractivity contribution in [2.45, 2.75) is 116 Å². The van der Waals surface area contributed by atoms with Gasteiger partial charge in [0, 0.05) is 6.42 Å². The number of rotatable bonds is 14. The summed E-state index contributed by atoms with van der Waals surface area (Å²) in [5.74, 6) is 5.49. The van der Waals surface area contributed by atoms with E-state index in [0.29, 0.717) is 31.3 Å². The number of aliphatic hydroxyl groups excluding tert-OH is 1. The summed E-state index contributed by atoms with van der Waals surface area (Å²) in [6.45, 7) is 8.07. The number of fused-ring (bicyclic) bond motifs is 3. The smallest absolute Gasteiger partial charge is 0.220 e. The number of benzene rings is 1. The summed E-state index contributed by atoms with van der Waals surface area (Å²) in [6, 6.07) is 5.40. The van der Waals surface area contributed by atoms with Gasteiger partial charge in [-0.25, -0.2) is 0 Å². The maximum absolute atomic E-state index is 13.0. The van der Waals surface area contributed by atoms with Gasteiger partial charge in [-0.3, -0.25) is 4.79 Å². The van der Waals surface area contributed by atoms with Crippen LogP contribution in [0.4, 0.5) is 0 Å².